The molecule has 0 saturated carbocycles. The number of likely N-dealkylation sites (N-methyl/N-ethyl adjacent to an activating group) is 2. The van der Waals surface area contributed by atoms with Gasteiger partial charge in [-0.1, -0.05) is 19.1 Å². The second-order valence-corrected chi connectivity index (χ2v) is 5.82. The lowest BCUT2D eigenvalue weighted by atomic mass is 10.0. The number of ether oxygens (including phenoxy) is 1. The Kier molecular flexibility index (Phi) is 4.13. The van der Waals surface area contributed by atoms with Gasteiger partial charge in [-0.05, 0) is 18.7 Å². The summed E-state index contributed by atoms with van der Waals surface area (Å²) in [7, 11) is 2.18. The van der Waals surface area contributed by atoms with Crippen molar-refractivity contribution in [3.8, 4) is 0 Å². The van der Waals surface area contributed by atoms with E-state index in [4.69, 9.17) is 4.74 Å². The van der Waals surface area contributed by atoms with Gasteiger partial charge in [0.05, 0.1) is 24.6 Å². The predicted octanol–water partition coefficient (Wildman–Crippen LogP) is 1.57. The molecule has 1 aromatic carbocycles. The van der Waals surface area contributed by atoms with Gasteiger partial charge >= 0.3 is 0 Å². The molecule has 110 valence electrons. The highest BCUT2D eigenvalue weighted by atomic mass is 16.5. The average molecular weight is 275 g/mol. The lowest BCUT2D eigenvalue weighted by Gasteiger charge is -2.38. The van der Waals surface area contributed by atoms with Crippen LogP contribution >= 0.6 is 0 Å². The van der Waals surface area contributed by atoms with Crippen molar-refractivity contribution in [2.45, 2.75) is 13.0 Å². The fourth-order valence-electron chi connectivity index (χ4n) is 3.31. The number of para-hydroxylation sites is 2. The summed E-state index contributed by atoms with van der Waals surface area (Å²) < 4.78 is 5.67. The maximum Gasteiger partial charge on any atom is 0.0624 e. The Bertz CT molecular complexity index is 451. The molecular weight excluding hydrogens is 250 g/mol. The Balaban J connectivity index is 1.73. The summed E-state index contributed by atoms with van der Waals surface area (Å²) in [5.74, 6) is 0.589. The maximum atomic E-state index is 5.67. The molecule has 4 heteroatoms. The minimum atomic E-state index is 0.506. The zero-order valence-corrected chi connectivity index (χ0v) is 12.5. The number of nitrogens with zero attached hydrogens (tertiary/aromatic N) is 2. The van der Waals surface area contributed by atoms with E-state index in [-0.39, 0.29) is 0 Å². The van der Waals surface area contributed by atoms with Gasteiger partial charge in [-0.25, -0.2) is 0 Å². The van der Waals surface area contributed by atoms with Crippen LogP contribution in [0.2, 0.25) is 0 Å². The summed E-state index contributed by atoms with van der Waals surface area (Å²) in [6, 6.07) is 9.22. The van der Waals surface area contributed by atoms with Crippen LogP contribution in [-0.4, -0.2) is 52.5 Å². The Labute approximate surface area is 121 Å². The first-order valence-corrected chi connectivity index (χ1v) is 7.66. The number of anilines is 2. The van der Waals surface area contributed by atoms with E-state index in [0.717, 1.165) is 39.4 Å². The van der Waals surface area contributed by atoms with Crippen LogP contribution in [-0.2, 0) is 4.74 Å². The summed E-state index contributed by atoms with van der Waals surface area (Å²) in [6.07, 6.45) is 0. The van der Waals surface area contributed by atoms with E-state index in [9.17, 15) is 0 Å². The molecule has 0 spiro atoms. The molecular formula is C16H25N3O. The topological polar surface area (TPSA) is 27.7 Å². The van der Waals surface area contributed by atoms with E-state index >= 15 is 0 Å². The van der Waals surface area contributed by atoms with Crippen molar-refractivity contribution in [3.63, 3.8) is 0 Å². The van der Waals surface area contributed by atoms with Gasteiger partial charge in [0.25, 0.3) is 0 Å². The van der Waals surface area contributed by atoms with Crippen LogP contribution < -0.4 is 15.1 Å². The zero-order chi connectivity index (χ0) is 13.9. The molecule has 3 rings (SSSR count). The smallest absolute Gasteiger partial charge is 0.0624 e. The molecule has 2 aliphatic heterocycles. The Morgan fingerprint density at radius 2 is 2.00 bits per heavy atom. The summed E-state index contributed by atoms with van der Waals surface area (Å²) in [5.41, 5.74) is 2.71. The minimum absolute atomic E-state index is 0.506. The lowest BCUT2D eigenvalue weighted by molar-refractivity contribution is 0.183. The summed E-state index contributed by atoms with van der Waals surface area (Å²) in [4.78, 5) is 4.87. The molecule has 0 aliphatic carbocycles. The molecule has 20 heavy (non-hydrogen) atoms. The van der Waals surface area contributed by atoms with E-state index in [1.165, 1.54) is 11.4 Å². The molecule has 1 fully saturated rings. The third-order valence-electron chi connectivity index (χ3n) is 4.46. The van der Waals surface area contributed by atoms with Crippen molar-refractivity contribution >= 4 is 11.4 Å². The van der Waals surface area contributed by atoms with E-state index in [0.29, 0.717) is 12.0 Å². The molecule has 0 aromatic heterocycles. The van der Waals surface area contributed by atoms with Gasteiger partial charge in [0.1, 0.15) is 0 Å². The van der Waals surface area contributed by atoms with Crippen molar-refractivity contribution < 1.29 is 4.74 Å². The predicted molar refractivity (Wildman–Crippen MR) is 83.7 cm³/mol. The third kappa shape index (κ3) is 2.63. The van der Waals surface area contributed by atoms with Crippen LogP contribution in [0.4, 0.5) is 11.4 Å². The number of hydrogen-bond donors (Lipinski definition) is 1. The zero-order valence-electron chi connectivity index (χ0n) is 12.5. The highest BCUT2D eigenvalue weighted by Crippen LogP contribution is 2.32. The molecule has 0 bridgehead atoms. The van der Waals surface area contributed by atoms with Crippen molar-refractivity contribution in [1.29, 1.82) is 0 Å². The third-order valence-corrected chi connectivity index (χ3v) is 4.46. The van der Waals surface area contributed by atoms with Gasteiger partial charge < -0.3 is 19.9 Å². The molecule has 2 heterocycles. The molecule has 0 radical (unpaired) electrons. The van der Waals surface area contributed by atoms with Crippen LogP contribution in [0.5, 0.6) is 0 Å². The van der Waals surface area contributed by atoms with Crippen molar-refractivity contribution in [1.82, 2.24) is 5.32 Å². The number of nitrogens with one attached hydrogen (secondary N) is 1. The number of rotatable bonds is 4. The molecule has 1 N–H and O–H groups in total. The van der Waals surface area contributed by atoms with Crippen LogP contribution in [0, 0.1) is 5.92 Å². The summed E-state index contributed by atoms with van der Waals surface area (Å²) in [6.45, 7) is 8.20. The van der Waals surface area contributed by atoms with Crippen LogP contribution in [0.3, 0.4) is 0 Å². The summed E-state index contributed by atoms with van der Waals surface area (Å²) in [5, 5.41) is 3.55. The summed E-state index contributed by atoms with van der Waals surface area (Å²) >= 11 is 0. The van der Waals surface area contributed by atoms with Crippen LogP contribution in [0.15, 0.2) is 24.3 Å². The second-order valence-electron chi connectivity index (χ2n) is 5.82. The quantitative estimate of drug-likeness (QED) is 0.902. The molecule has 2 unspecified atom stereocenters. The standard InChI is InChI=1S/C16H25N3O/c1-3-17-14-12-20-11-13(14)10-19-9-8-18(2)15-6-4-5-7-16(15)19/h4-7,13-14,17H,3,8-12H2,1-2H3. The highest BCUT2D eigenvalue weighted by molar-refractivity contribution is 5.73. The first-order chi connectivity index (χ1) is 9.79. The monoisotopic (exact) mass is 275 g/mol. The van der Waals surface area contributed by atoms with Crippen molar-refractivity contribution in [2.75, 3.05) is 56.2 Å². The molecule has 2 aliphatic rings. The van der Waals surface area contributed by atoms with Crippen molar-refractivity contribution in [3.05, 3.63) is 24.3 Å². The Morgan fingerprint density at radius 1 is 1.20 bits per heavy atom. The number of hydrogen-bond acceptors (Lipinski definition) is 4. The minimum Gasteiger partial charge on any atom is -0.379 e. The number of fused-ring (bicyclic) bond motifs is 1. The van der Waals surface area contributed by atoms with Crippen molar-refractivity contribution in [2.24, 2.45) is 5.92 Å². The Morgan fingerprint density at radius 3 is 2.80 bits per heavy atom. The van der Waals surface area contributed by atoms with Crippen LogP contribution in [0.1, 0.15) is 6.92 Å². The first-order valence-electron chi connectivity index (χ1n) is 7.66. The molecule has 0 amide bonds. The van der Waals surface area contributed by atoms with Gasteiger partial charge in [0, 0.05) is 38.6 Å². The molecule has 1 aromatic rings. The van der Waals surface area contributed by atoms with E-state index in [1.54, 1.807) is 0 Å². The average Bonchev–Trinajstić information content (AvgIpc) is 2.90. The molecule has 4 nitrogen and oxygen atoms in total. The van der Waals surface area contributed by atoms with Gasteiger partial charge in [0.15, 0.2) is 0 Å². The molecule has 2 atom stereocenters. The second kappa shape index (κ2) is 6.02. The maximum absolute atomic E-state index is 5.67. The fourth-order valence-corrected chi connectivity index (χ4v) is 3.31. The van der Waals surface area contributed by atoms with Gasteiger partial charge in [-0.15, -0.1) is 0 Å². The van der Waals surface area contributed by atoms with Gasteiger partial charge in [-0.3, -0.25) is 0 Å². The van der Waals surface area contributed by atoms with Crippen LogP contribution in [0.25, 0.3) is 0 Å². The molecule has 1 saturated heterocycles. The van der Waals surface area contributed by atoms with Gasteiger partial charge in [-0.2, -0.15) is 0 Å². The normalized spacial score (nSPS) is 25.9. The largest absolute Gasteiger partial charge is 0.379 e. The van der Waals surface area contributed by atoms with E-state index < -0.39 is 0 Å². The number of benzene rings is 1. The SMILES string of the molecule is CCNC1COCC1CN1CCN(C)c2ccccc21. The van der Waals surface area contributed by atoms with E-state index in [1.807, 2.05) is 0 Å². The van der Waals surface area contributed by atoms with E-state index in [2.05, 4.69) is 53.4 Å². The first kappa shape index (κ1) is 13.7. The Hall–Kier alpha value is -1.26. The fraction of sp³-hybridized carbons (Fsp3) is 0.625. The van der Waals surface area contributed by atoms with Gasteiger partial charge in [0.2, 0.25) is 0 Å². The highest BCUT2D eigenvalue weighted by Gasteiger charge is 2.31. The lowest BCUT2D eigenvalue weighted by Crippen LogP contribution is -2.46.